The number of hydrogen-bond donors (Lipinski definition) is 0. The number of amides is 1. The number of benzene rings is 2. The van der Waals surface area contributed by atoms with E-state index in [2.05, 4.69) is 0 Å². The largest absolute Gasteiger partial charge is 0.338 e. The summed E-state index contributed by atoms with van der Waals surface area (Å²) >= 11 is 0. The number of hydrogen-bond acceptors (Lipinski definition) is 3. The molecule has 1 heterocycles. The molecule has 1 fully saturated rings. The second-order valence-electron chi connectivity index (χ2n) is 8.75. The summed E-state index contributed by atoms with van der Waals surface area (Å²) in [7, 11) is -3.63. The van der Waals surface area contributed by atoms with Gasteiger partial charge in [0.1, 0.15) is 5.82 Å². The number of aryl methyl sites for hydroxylation is 2. The summed E-state index contributed by atoms with van der Waals surface area (Å²) in [5.41, 5.74) is 4.26. The van der Waals surface area contributed by atoms with Crippen LogP contribution in [0.15, 0.2) is 35.2 Å². The Morgan fingerprint density at radius 1 is 1.06 bits per heavy atom. The zero-order valence-electron chi connectivity index (χ0n) is 19.6. The highest BCUT2D eigenvalue weighted by Gasteiger charge is 2.35. The monoisotopic (exact) mass is 460 g/mol. The van der Waals surface area contributed by atoms with Crippen LogP contribution in [0.5, 0.6) is 0 Å². The van der Waals surface area contributed by atoms with Crippen molar-refractivity contribution in [3.8, 4) is 0 Å². The Kier molecular flexibility index (Phi) is 7.40. The molecule has 0 bridgehead atoms. The number of nitrogens with zero attached hydrogens (tertiary/aromatic N) is 2. The average Bonchev–Trinajstić information content (AvgIpc) is 2.76. The minimum absolute atomic E-state index is 0.00701. The Morgan fingerprint density at radius 2 is 1.66 bits per heavy atom. The first kappa shape index (κ1) is 24.4. The molecule has 2 aromatic rings. The molecule has 5 nitrogen and oxygen atoms in total. The molecule has 0 unspecified atom stereocenters. The van der Waals surface area contributed by atoms with E-state index in [1.54, 1.807) is 11.0 Å². The summed E-state index contributed by atoms with van der Waals surface area (Å²) in [6.45, 7) is 11.0. The van der Waals surface area contributed by atoms with Crippen LogP contribution in [0.2, 0.25) is 0 Å². The zero-order chi connectivity index (χ0) is 23.6. The first-order valence-electron chi connectivity index (χ1n) is 11.2. The number of carbonyl (C=O) groups is 1. The molecule has 0 radical (unpaired) electrons. The molecule has 2 aromatic carbocycles. The molecule has 0 aromatic heterocycles. The van der Waals surface area contributed by atoms with Crippen LogP contribution in [0.25, 0.3) is 0 Å². The second kappa shape index (κ2) is 9.71. The molecule has 3 rings (SSSR count). The number of piperidine rings is 1. The lowest BCUT2D eigenvalue weighted by Gasteiger charge is -2.34. The van der Waals surface area contributed by atoms with Crippen LogP contribution < -0.4 is 0 Å². The van der Waals surface area contributed by atoms with Crippen molar-refractivity contribution in [3.05, 3.63) is 64.0 Å². The summed E-state index contributed by atoms with van der Waals surface area (Å²) in [6.07, 6.45) is 0.973. The lowest BCUT2D eigenvalue weighted by atomic mass is 9.96. The Balaban J connectivity index is 1.72. The fourth-order valence-corrected chi connectivity index (χ4v) is 6.54. The zero-order valence-corrected chi connectivity index (χ0v) is 20.4. The third kappa shape index (κ3) is 4.89. The first-order valence-corrected chi connectivity index (χ1v) is 12.6. The van der Waals surface area contributed by atoms with Gasteiger partial charge in [-0.3, -0.25) is 4.79 Å². The molecular formula is C25H33FN2O3S. The molecule has 1 aliphatic rings. The van der Waals surface area contributed by atoms with Gasteiger partial charge in [-0.2, -0.15) is 4.31 Å². The molecule has 32 heavy (non-hydrogen) atoms. The third-order valence-corrected chi connectivity index (χ3v) is 8.83. The smallest absolute Gasteiger partial charge is 0.243 e. The molecule has 0 atom stereocenters. The summed E-state index contributed by atoms with van der Waals surface area (Å²) in [5, 5.41) is 0. The van der Waals surface area contributed by atoms with Crippen LogP contribution in [0.4, 0.5) is 4.39 Å². The van der Waals surface area contributed by atoms with Gasteiger partial charge in [-0.25, -0.2) is 12.8 Å². The highest BCUT2D eigenvalue weighted by atomic mass is 32.2. The Bertz CT molecular complexity index is 1080. The van der Waals surface area contributed by atoms with E-state index < -0.39 is 10.0 Å². The van der Waals surface area contributed by atoms with E-state index in [1.165, 1.54) is 16.4 Å². The van der Waals surface area contributed by atoms with E-state index in [0.717, 1.165) is 27.8 Å². The minimum Gasteiger partial charge on any atom is -0.338 e. The van der Waals surface area contributed by atoms with E-state index in [0.29, 0.717) is 43.9 Å². The summed E-state index contributed by atoms with van der Waals surface area (Å²) in [5.74, 6) is -0.537. The molecular weight excluding hydrogens is 427 g/mol. The standard InChI is InChI=1S/C25H33FN2O3S/c1-6-27(16-21-8-7-9-23(26)15-21)25(29)22-10-12-28(13-11-22)32(30,31)24-19(4)17(2)14-18(3)20(24)5/h7-9,14-15,22H,6,10-13,16H2,1-5H3. The molecule has 0 aliphatic carbocycles. The van der Waals surface area contributed by atoms with Crippen molar-refractivity contribution in [1.82, 2.24) is 9.21 Å². The highest BCUT2D eigenvalue weighted by molar-refractivity contribution is 7.89. The van der Waals surface area contributed by atoms with Crippen molar-refractivity contribution in [2.45, 2.75) is 58.9 Å². The van der Waals surface area contributed by atoms with Gasteiger partial charge in [0.15, 0.2) is 0 Å². The van der Waals surface area contributed by atoms with Gasteiger partial charge in [-0.15, -0.1) is 0 Å². The van der Waals surface area contributed by atoms with E-state index in [-0.39, 0.29) is 17.6 Å². The van der Waals surface area contributed by atoms with Gasteiger partial charge < -0.3 is 4.90 Å². The van der Waals surface area contributed by atoms with Crippen molar-refractivity contribution in [3.63, 3.8) is 0 Å². The Hall–Kier alpha value is -2.25. The van der Waals surface area contributed by atoms with Gasteiger partial charge in [0.05, 0.1) is 4.90 Å². The fourth-order valence-electron chi connectivity index (χ4n) is 4.50. The summed E-state index contributed by atoms with van der Waals surface area (Å²) in [6, 6.07) is 8.30. The Morgan fingerprint density at radius 3 is 2.19 bits per heavy atom. The van der Waals surface area contributed by atoms with Gasteiger partial charge in [0.2, 0.25) is 15.9 Å². The van der Waals surface area contributed by atoms with Gasteiger partial charge >= 0.3 is 0 Å². The molecule has 1 aliphatic heterocycles. The topological polar surface area (TPSA) is 57.7 Å². The van der Waals surface area contributed by atoms with Gasteiger partial charge in [0, 0.05) is 32.1 Å². The maximum absolute atomic E-state index is 13.5. The van der Waals surface area contributed by atoms with Crippen LogP contribution in [-0.4, -0.2) is 43.2 Å². The molecule has 7 heteroatoms. The number of halogens is 1. The fraction of sp³-hybridized carbons (Fsp3) is 0.480. The predicted molar refractivity (Wildman–Crippen MR) is 124 cm³/mol. The highest BCUT2D eigenvalue weighted by Crippen LogP contribution is 2.31. The average molecular weight is 461 g/mol. The minimum atomic E-state index is -3.63. The van der Waals surface area contributed by atoms with Crippen LogP contribution in [0.1, 0.15) is 47.6 Å². The lowest BCUT2D eigenvalue weighted by Crippen LogP contribution is -2.44. The van der Waals surface area contributed by atoms with Gasteiger partial charge in [-0.1, -0.05) is 18.2 Å². The summed E-state index contributed by atoms with van der Waals surface area (Å²) < 4.78 is 42.0. The number of carbonyl (C=O) groups excluding carboxylic acids is 1. The molecule has 1 saturated heterocycles. The number of rotatable bonds is 6. The van der Waals surface area contributed by atoms with Crippen molar-refractivity contribution < 1.29 is 17.6 Å². The quantitative estimate of drug-likeness (QED) is 0.637. The SMILES string of the molecule is CCN(Cc1cccc(F)c1)C(=O)C1CCN(S(=O)(=O)c2c(C)c(C)cc(C)c2C)CC1. The first-order chi connectivity index (χ1) is 15.1. The van der Waals surface area contributed by atoms with E-state index in [1.807, 2.05) is 46.8 Å². The maximum atomic E-state index is 13.5. The van der Waals surface area contributed by atoms with Crippen molar-refractivity contribution in [1.29, 1.82) is 0 Å². The van der Waals surface area contributed by atoms with E-state index in [9.17, 15) is 17.6 Å². The molecule has 0 N–H and O–H groups in total. The van der Waals surface area contributed by atoms with Crippen LogP contribution in [0.3, 0.4) is 0 Å². The van der Waals surface area contributed by atoms with Gasteiger partial charge in [-0.05, 0) is 87.4 Å². The van der Waals surface area contributed by atoms with Gasteiger partial charge in [0.25, 0.3) is 0 Å². The predicted octanol–water partition coefficient (Wildman–Crippen LogP) is 4.51. The third-order valence-electron chi connectivity index (χ3n) is 6.65. The molecule has 0 saturated carbocycles. The molecule has 1 amide bonds. The molecule has 174 valence electrons. The second-order valence-corrected chi connectivity index (χ2v) is 10.6. The maximum Gasteiger partial charge on any atom is 0.243 e. The van der Waals surface area contributed by atoms with Crippen molar-refractivity contribution in [2.75, 3.05) is 19.6 Å². The van der Waals surface area contributed by atoms with Crippen LogP contribution in [0, 0.1) is 39.4 Å². The van der Waals surface area contributed by atoms with Crippen LogP contribution in [-0.2, 0) is 21.4 Å². The van der Waals surface area contributed by atoms with E-state index in [4.69, 9.17) is 0 Å². The Labute approximate surface area is 191 Å². The normalized spacial score (nSPS) is 15.7. The lowest BCUT2D eigenvalue weighted by molar-refractivity contribution is -0.137. The summed E-state index contributed by atoms with van der Waals surface area (Å²) in [4.78, 5) is 15.2. The number of sulfonamides is 1. The van der Waals surface area contributed by atoms with E-state index >= 15 is 0 Å². The van der Waals surface area contributed by atoms with Crippen LogP contribution >= 0.6 is 0 Å². The van der Waals surface area contributed by atoms with Crippen molar-refractivity contribution in [2.24, 2.45) is 5.92 Å². The molecule has 0 spiro atoms. The van der Waals surface area contributed by atoms with Crippen molar-refractivity contribution >= 4 is 15.9 Å².